The highest BCUT2D eigenvalue weighted by atomic mass is 32.1. The Morgan fingerprint density at radius 2 is 2.22 bits per heavy atom. The normalized spacial score (nSPS) is 10.8. The van der Waals surface area contributed by atoms with Crippen molar-refractivity contribution in [3.8, 4) is 17.3 Å². The molecule has 0 atom stereocenters. The summed E-state index contributed by atoms with van der Waals surface area (Å²) in [5, 5.41) is 11.2. The van der Waals surface area contributed by atoms with Crippen LogP contribution in [0.4, 0.5) is 0 Å². The lowest BCUT2D eigenvalue weighted by atomic mass is 10.3. The van der Waals surface area contributed by atoms with Gasteiger partial charge in [-0.15, -0.1) is 5.10 Å². The van der Waals surface area contributed by atoms with E-state index in [1.807, 2.05) is 17.8 Å². The maximum absolute atomic E-state index is 5.22. The van der Waals surface area contributed by atoms with Crippen molar-refractivity contribution in [3.63, 3.8) is 0 Å². The summed E-state index contributed by atoms with van der Waals surface area (Å²) in [6, 6.07) is 0. The molecule has 8 heteroatoms. The molecule has 0 fully saturated rings. The van der Waals surface area contributed by atoms with Crippen LogP contribution in [0.1, 0.15) is 0 Å². The van der Waals surface area contributed by atoms with Gasteiger partial charge in [-0.25, -0.2) is 0 Å². The maximum atomic E-state index is 5.22. The van der Waals surface area contributed by atoms with Crippen LogP contribution in [0.2, 0.25) is 0 Å². The predicted molar refractivity (Wildman–Crippen MR) is 68.0 cm³/mol. The predicted octanol–water partition coefficient (Wildman–Crippen LogP) is 0.996. The van der Waals surface area contributed by atoms with Gasteiger partial charge in [0.1, 0.15) is 5.56 Å². The number of aryl methyl sites for hydroxylation is 1. The molecule has 98 valence electrons. The third-order valence-electron chi connectivity index (χ3n) is 2.51. The highest BCUT2D eigenvalue weighted by Crippen LogP contribution is 2.26. The number of aromatic nitrogens is 5. The highest BCUT2D eigenvalue weighted by molar-refractivity contribution is 7.71. The molecule has 18 heavy (non-hydrogen) atoms. The number of H-pyrrole nitrogens is 1. The molecule has 0 unspecified atom stereocenters. The monoisotopic (exact) mass is 269 g/mol. The molecule has 2 aromatic rings. The topological polar surface area (TPSA) is 69.9 Å². The van der Waals surface area contributed by atoms with Gasteiger partial charge in [-0.05, 0) is 12.2 Å². The summed E-state index contributed by atoms with van der Waals surface area (Å²) in [4.78, 5) is 0. The third kappa shape index (κ3) is 2.29. The van der Waals surface area contributed by atoms with Gasteiger partial charge in [-0.1, -0.05) is 0 Å². The summed E-state index contributed by atoms with van der Waals surface area (Å²) in [6.07, 6.45) is 1.84. The lowest BCUT2D eigenvalue weighted by Crippen LogP contribution is -2.06. The van der Waals surface area contributed by atoms with Gasteiger partial charge < -0.3 is 9.47 Å². The molecule has 0 bridgehead atoms. The largest absolute Gasteiger partial charge is 0.479 e. The molecule has 0 saturated heterocycles. The minimum absolute atomic E-state index is 0.519. The van der Waals surface area contributed by atoms with Crippen molar-refractivity contribution in [2.75, 3.05) is 20.8 Å². The number of methoxy groups -OCH3 is 2. The van der Waals surface area contributed by atoms with E-state index in [1.165, 1.54) is 0 Å². The fourth-order valence-electron chi connectivity index (χ4n) is 1.69. The average Bonchev–Trinajstić information content (AvgIpc) is 2.90. The van der Waals surface area contributed by atoms with Crippen LogP contribution < -0.4 is 4.74 Å². The van der Waals surface area contributed by atoms with Gasteiger partial charge in [0.15, 0.2) is 10.6 Å². The van der Waals surface area contributed by atoms with E-state index in [2.05, 4.69) is 15.3 Å². The van der Waals surface area contributed by atoms with Crippen molar-refractivity contribution in [2.45, 2.75) is 6.54 Å². The Morgan fingerprint density at radius 3 is 2.89 bits per heavy atom. The second-order valence-corrected chi connectivity index (χ2v) is 4.11. The fraction of sp³-hybridized carbons (Fsp3) is 0.500. The van der Waals surface area contributed by atoms with E-state index in [0.29, 0.717) is 29.6 Å². The van der Waals surface area contributed by atoms with Gasteiger partial charge in [-0.3, -0.25) is 14.3 Å². The summed E-state index contributed by atoms with van der Waals surface area (Å²) < 4.78 is 14.4. The summed E-state index contributed by atoms with van der Waals surface area (Å²) in [6.45, 7) is 1.18. The molecule has 1 N–H and O–H groups in total. The lowest BCUT2D eigenvalue weighted by molar-refractivity contribution is 0.187. The van der Waals surface area contributed by atoms with E-state index >= 15 is 0 Å². The summed E-state index contributed by atoms with van der Waals surface area (Å²) in [7, 11) is 5.05. The molecule has 7 nitrogen and oxygen atoms in total. The zero-order chi connectivity index (χ0) is 13.1. The zero-order valence-electron chi connectivity index (χ0n) is 10.5. The van der Waals surface area contributed by atoms with Gasteiger partial charge in [0.2, 0.25) is 5.88 Å². The van der Waals surface area contributed by atoms with E-state index in [-0.39, 0.29) is 0 Å². The molecule has 2 aromatic heterocycles. The Balaban J connectivity index is 2.46. The molecular formula is C10H15N5O2S. The molecule has 0 spiro atoms. The first-order valence-electron chi connectivity index (χ1n) is 5.39. The average molecular weight is 269 g/mol. The van der Waals surface area contributed by atoms with E-state index in [0.717, 1.165) is 5.56 Å². The van der Waals surface area contributed by atoms with Gasteiger partial charge >= 0.3 is 0 Å². The lowest BCUT2D eigenvalue weighted by Gasteiger charge is -2.05. The number of ether oxygens (including phenoxy) is 2. The number of nitrogens with one attached hydrogen (secondary N) is 1. The van der Waals surface area contributed by atoms with Crippen LogP contribution in [-0.4, -0.2) is 45.4 Å². The number of aromatic amines is 1. The fourth-order valence-corrected chi connectivity index (χ4v) is 1.91. The van der Waals surface area contributed by atoms with Gasteiger partial charge in [0, 0.05) is 20.4 Å². The Morgan fingerprint density at radius 1 is 1.44 bits per heavy atom. The van der Waals surface area contributed by atoms with Crippen LogP contribution in [0.3, 0.4) is 0 Å². The Bertz CT molecular complexity index is 585. The first-order chi connectivity index (χ1) is 8.67. The van der Waals surface area contributed by atoms with Gasteiger partial charge in [-0.2, -0.15) is 5.10 Å². The van der Waals surface area contributed by atoms with Crippen molar-refractivity contribution in [2.24, 2.45) is 7.05 Å². The molecule has 0 aliphatic carbocycles. The smallest absolute Gasteiger partial charge is 0.243 e. The molecule has 0 aliphatic heterocycles. The molecule has 2 rings (SSSR count). The van der Waals surface area contributed by atoms with Crippen molar-refractivity contribution < 1.29 is 9.47 Å². The highest BCUT2D eigenvalue weighted by Gasteiger charge is 2.16. The molecular weight excluding hydrogens is 254 g/mol. The van der Waals surface area contributed by atoms with Crippen LogP contribution in [0, 0.1) is 4.77 Å². The molecule has 0 aromatic carbocycles. The molecule has 0 radical (unpaired) electrons. The Hall–Kier alpha value is -1.67. The minimum Gasteiger partial charge on any atom is -0.479 e. The number of nitrogens with zero attached hydrogens (tertiary/aromatic N) is 4. The van der Waals surface area contributed by atoms with Crippen LogP contribution >= 0.6 is 12.2 Å². The standard InChI is InChI=1S/C10H15N5O2S/c1-14-6-7(9(13-14)17-3)8-11-12-10(18)15(8)4-5-16-2/h6H,4-5H2,1-3H3,(H,12,18). The number of hydrogen-bond acceptors (Lipinski definition) is 5. The number of hydrogen-bond donors (Lipinski definition) is 1. The van der Waals surface area contributed by atoms with E-state index < -0.39 is 0 Å². The first kappa shape index (κ1) is 12.8. The SMILES string of the molecule is COCCn1c(-c2cn(C)nc2OC)n[nH]c1=S. The molecule has 0 aliphatic rings. The summed E-state index contributed by atoms with van der Waals surface area (Å²) in [5.41, 5.74) is 0.795. The molecule has 0 amide bonds. The molecule has 2 heterocycles. The summed E-state index contributed by atoms with van der Waals surface area (Å²) in [5.74, 6) is 1.21. The van der Waals surface area contributed by atoms with Crippen molar-refractivity contribution in [1.82, 2.24) is 24.5 Å². The van der Waals surface area contributed by atoms with E-state index in [4.69, 9.17) is 21.7 Å². The van der Waals surface area contributed by atoms with Crippen LogP contribution in [0.15, 0.2) is 6.20 Å². The maximum Gasteiger partial charge on any atom is 0.243 e. The first-order valence-corrected chi connectivity index (χ1v) is 5.80. The van der Waals surface area contributed by atoms with E-state index in [1.54, 1.807) is 18.9 Å². The van der Waals surface area contributed by atoms with Gasteiger partial charge in [0.25, 0.3) is 0 Å². The van der Waals surface area contributed by atoms with Crippen LogP contribution in [0.25, 0.3) is 11.4 Å². The zero-order valence-corrected chi connectivity index (χ0v) is 11.3. The minimum atomic E-state index is 0.519. The quantitative estimate of drug-likeness (QED) is 0.820. The van der Waals surface area contributed by atoms with Crippen LogP contribution in [-0.2, 0) is 18.3 Å². The number of rotatable bonds is 5. The van der Waals surface area contributed by atoms with Crippen LogP contribution in [0.5, 0.6) is 5.88 Å². The Labute approximate surface area is 109 Å². The van der Waals surface area contributed by atoms with Crippen molar-refractivity contribution in [1.29, 1.82) is 0 Å². The van der Waals surface area contributed by atoms with Crippen molar-refractivity contribution >= 4 is 12.2 Å². The third-order valence-corrected chi connectivity index (χ3v) is 2.82. The summed E-state index contributed by atoms with van der Waals surface area (Å²) >= 11 is 5.19. The second kappa shape index (κ2) is 5.32. The second-order valence-electron chi connectivity index (χ2n) is 3.72. The van der Waals surface area contributed by atoms with Gasteiger partial charge in [0.05, 0.1) is 20.3 Å². The molecule has 0 saturated carbocycles. The Kier molecular flexibility index (Phi) is 3.78. The van der Waals surface area contributed by atoms with E-state index in [9.17, 15) is 0 Å². The van der Waals surface area contributed by atoms with Crippen molar-refractivity contribution in [3.05, 3.63) is 11.0 Å².